The molecular formula is C19H25N3O2. The molecule has 0 spiro atoms. The van der Waals surface area contributed by atoms with Gasteiger partial charge in [-0.15, -0.1) is 0 Å². The summed E-state index contributed by atoms with van der Waals surface area (Å²) in [5, 5.41) is 6.11. The van der Waals surface area contributed by atoms with Crippen LogP contribution < -0.4 is 15.4 Å². The first kappa shape index (κ1) is 17.8. The molecule has 0 aliphatic carbocycles. The minimum atomic E-state index is -0.0725. The van der Waals surface area contributed by atoms with Gasteiger partial charge in [0.1, 0.15) is 12.4 Å². The van der Waals surface area contributed by atoms with Crippen LogP contribution in [0, 0.1) is 0 Å². The molecule has 0 saturated heterocycles. The second-order valence-electron chi connectivity index (χ2n) is 5.72. The molecule has 2 rings (SSSR count). The highest BCUT2D eigenvalue weighted by molar-refractivity contribution is 5.73. The maximum Gasteiger partial charge on any atom is 0.316 e. The zero-order chi connectivity index (χ0) is 17.2. The van der Waals surface area contributed by atoms with Crippen LogP contribution in [0.5, 0.6) is 5.75 Å². The smallest absolute Gasteiger partial charge is 0.316 e. The van der Waals surface area contributed by atoms with E-state index in [4.69, 9.17) is 4.74 Å². The highest BCUT2D eigenvalue weighted by Gasteiger charge is 2.01. The van der Waals surface area contributed by atoms with Crippen molar-refractivity contribution in [1.29, 1.82) is 0 Å². The van der Waals surface area contributed by atoms with Gasteiger partial charge in [-0.1, -0.05) is 42.5 Å². The number of urea groups is 1. The predicted octanol–water partition coefficient (Wildman–Crippen LogP) is 2.63. The van der Waals surface area contributed by atoms with Crippen molar-refractivity contribution < 1.29 is 9.53 Å². The number of benzene rings is 2. The molecule has 24 heavy (non-hydrogen) atoms. The van der Waals surface area contributed by atoms with Crippen molar-refractivity contribution in [2.75, 3.05) is 27.2 Å². The maximum atomic E-state index is 11.4. The minimum absolute atomic E-state index is 0.0725. The summed E-state index contributed by atoms with van der Waals surface area (Å²) in [5.74, 6) is 0.862. The van der Waals surface area contributed by atoms with Crippen LogP contribution in [0.4, 0.5) is 4.79 Å². The van der Waals surface area contributed by atoms with Crippen LogP contribution in [0.25, 0.3) is 0 Å². The van der Waals surface area contributed by atoms with Crippen molar-refractivity contribution in [3.63, 3.8) is 0 Å². The van der Waals surface area contributed by atoms with Gasteiger partial charge in [-0.2, -0.15) is 0 Å². The highest BCUT2D eigenvalue weighted by Crippen LogP contribution is 2.14. The van der Waals surface area contributed by atoms with Gasteiger partial charge in [0.25, 0.3) is 0 Å². The number of ether oxygens (including phenoxy) is 1. The Morgan fingerprint density at radius 1 is 0.958 bits per heavy atom. The number of nitrogens with zero attached hydrogens (tertiary/aromatic N) is 1. The Labute approximate surface area is 143 Å². The zero-order valence-electron chi connectivity index (χ0n) is 14.3. The van der Waals surface area contributed by atoms with E-state index in [-0.39, 0.29) is 6.03 Å². The van der Waals surface area contributed by atoms with Gasteiger partial charge in [-0.05, 0) is 23.3 Å². The SMILES string of the molecule is CN(C)C(=O)NCCNCc1ccc(OCc2ccccc2)cc1. The Bertz CT molecular complexity index is 612. The molecule has 0 unspecified atom stereocenters. The Hall–Kier alpha value is -2.53. The monoisotopic (exact) mass is 327 g/mol. The fourth-order valence-electron chi connectivity index (χ4n) is 2.09. The molecule has 2 amide bonds. The molecule has 0 fully saturated rings. The lowest BCUT2D eigenvalue weighted by molar-refractivity contribution is 0.217. The molecule has 128 valence electrons. The van der Waals surface area contributed by atoms with Gasteiger partial charge in [0, 0.05) is 33.7 Å². The van der Waals surface area contributed by atoms with Crippen molar-refractivity contribution in [2.45, 2.75) is 13.2 Å². The summed E-state index contributed by atoms with van der Waals surface area (Å²) >= 11 is 0. The summed E-state index contributed by atoms with van der Waals surface area (Å²) in [4.78, 5) is 12.9. The third kappa shape index (κ3) is 6.30. The van der Waals surface area contributed by atoms with Gasteiger partial charge in [0.2, 0.25) is 0 Å². The van der Waals surface area contributed by atoms with Crippen LogP contribution in [0.3, 0.4) is 0 Å². The summed E-state index contributed by atoms with van der Waals surface area (Å²) in [6.45, 7) is 2.67. The van der Waals surface area contributed by atoms with E-state index in [1.54, 1.807) is 14.1 Å². The topological polar surface area (TPSA) is 53.6 Å². The van der Waals surface area contributed by atoms with E-state index in [0.717, 1.165) is 24.4 Å². The van der Waals surface area contributed by atoms with E-state index in [1.807, 2.05) is 54.6 Å². The molecule has 2 aromatic rings. The Kier molecular flexibility index (Phi) is 7.11. The summed E-state index contributed by atoms with van der Waals surface area (Å²) in [6.07, 6.45) is 0. The average Bonchev–Trinajstić information content (AvgIpc) is 2.61. The molecule has 0 aromatic heterocycles. The fraction of sp³-hybridized carbons (Fsp3) is 0.316. The van der Waals surface area contributed by atoms with Crippen molar-refractivity contribution in [2.24, 2.45) is 0 Å². The number of hydrogen-bond donors (Lipinski definition) is 2. The molecule has 2 aromatic carbocycles. The van der Waals surface area contributed by atoms with E-state index in [0.29, 0.717) is 13.2 Å². The lowest BCUT2D eigenvalue weighted by Crippen LogP contribution is -2.38. The highest BCUT2D eigenvalue weighted by atomic mass is 16.5. The van der Waals surface area contributed by atoms with Crippen LogP contribution in [-0.4, -0.2) is 38.1 Å². The summed E-state index contributed by atoms with van der Waals surface area (Å²) < 4.78 is 5.77. The molecular weight excluding hydrogens is 302 g/mol. The van der Waals surface area contributed by atoms with E-state index >= 15 is 0 Å². The van der Waals surface area contributed by atoms with E-state index < -0.39 is 0 Å². The molecule has 2 N–H and O–H groups in total. The summed E-state index contributed by atoms with van der Waals surface area (Å²) in [5.41, 5.74) is 2.34. The van der Waals surface area contributed by atoms with Crippen molar-refractivity contribution in [1.82, 2.24) is 15.5 Å². The first-order valence-electron chi connectivity index (χ1n) is 8.06. The Morgan fingerprint density at radius 2 is 1.67 bits per heavy atom. The fourth-order valence-corrected chi connectivity index (χ4v) is 2.09. The molecule has 0 saturated carbocycles. The largest absolute Gasteiger partial charge is 0.489 e. The van der Waals surface area contributed by atoms with Gasteiger partial charge < -0.3 is 20.3 Å². The molecule has 0 heterocycles. The molecule has 0 aliphatic heterocycles. The summed E-state index contributed by atoms with van der Waals surface area (Å²) in [7, 11) is 3.45. The molecule has 0 radical (unpaired) electrons. The molecule has 5 nitrogen and oxygen atoms in total. The van der Waals surface area contributed by atoms with E-state index in [1.165, 1.54) is 10.5 Å². The van der Waals surface area contributed by atoms with Crippen LogP contribution in [0.1, 0.15) is 11.1 Å². The number of carbonyl (C=O) groups is 1. The van der Waals surface area contributed by atoms with Crippen molar-refractivity contribution in [3.05, 3.63) is 65.7 Å². The lowest BCUT2D eigenvalue weighted by atomic mass is 10.2. The molecule has 0 aliphatic rings. The van der Waals surface area contributed by atoms with Gasteiger partial charge in [0.05, 0.1) is 0 Å². The van der Waals surface area contributed by atoms with Gasteiger partial charge in [-0.25, -0.2) is 4.79 Å². The number of amides is 2. The van der Waals surface area contributed by atoms with Crippen molar-refractivity contribution >= 4 is 6.03 Å². The molecule has 0 bridgehead atoms. The first-order valence-corrected chi connectivity index (χ1v) is 8.06. The predicted molar refractivity (Wildman–Crippen MR) is 96.0 cm³/mol. The standard InChI is InChI=1S/C19H25N3O2/c1-22(2)19(23)21-13-12-20-14-16-8-10-18(11-9-16)24-15-17-6-4-3-5-7-17/h3-11,20H,12-15H2,1-2H3,(H,21,23). The number of nitrogens with one attached hydrogen (secondary N) is 2. The van der Waals surface area contributed by atoms with Gasteiger partial charge >= 0.3 is 6.03 Å². The first-order chi connectivity index (χ1) is 11.6. The van der Waals surface area contributed by atoms with Crippen LogP contribution in [0.2, 0.25) is 0 Å². The zero-order valence-corrected chi connectivity index (χ0v) is 14.3. The second-order valence-corrected chi connectivity index (χ2v) is 5.72. The third-order valence-electron chi connectivity index (χ3n) is 3.48. The van der Waals surface area contributed by atoms with Crippen LogP contribution >= 0.6 is 0 Å². The normalized spacial score (nSPS) is 10.2. The molecule has 0 atom stereocenters. The van der Waals surface area contributed by atoms with Crippen LogP contribution in [-0.2, 0) is 13.2 Å². The van der Waals surface area contributed by atoms with Crippen molar-refractivity contribution in [3.8, 4) is 5.75 Å². The molecule has 5 heteroatoms. The van der Waals surface area contributed by atoms with E-state index in [2.05, 4.69) is 10.6 Å². The third-order valence-corrected chi connectivity index (χ3v) is 3.48. The minimum Gasteiger partial charge on any atom is -0.489 e. The van der Waals surface area contributed by atoms with E-state index in [9.17, 15) is 4.79 Å². The Balaban J connectivity index is 1.66. The lowest BCUT2D eigenvalue weighted by Gasteiger charge is -2.12. The maximum absolute atomic E-state index is 11.4. The quantitative estimate of drug-likeness (QED) is 0.733. The second kappa shape index (κ2) is 9.57. The Morgan fingerprint density at radius 3 is 2.33 bits per heavy atom. The number of hydrogen-bond acceptors (Lipinski definition) is 3. The van der Waals surface area contributed by atoms with Gasteiger partial charge in [0.15, 0.2) is 0 Å². The van der Waals surface area contributed by atoms with Crippen LogP contribution in [0.15, 0.2) is 54.6 Å². The number of carbonyl (C=O) groups excluding carboxylic acids is 1. The summed E-state index contributed by atoms with van der Waals surface area (Å²) in [6, 6.07) is 18.1. The number of rotatable bonds is 8. The van der Waals surface area contributed by atoms with Gasteiger partial charge in [-0.3, -0.25) is 0 Å². The average molecular weight is 327 g/mol.